The molecule has 3 aromatic rings. The van der Waals surface area contributed by atoms with Crippen LogP contribution in [0.5, 0.6) is 0 Å². The van der Waals surface area contributed by atoms with Crippen LogP contribution in [0.25, 0.3) is 10.6 Å². The van der Waals surface area contributed by atoms with Crippen molar-refractivity contribution >= 4 is 28.7 Å². The normalized spacial score (nSPS) is 13.4. The van der Waals surface area contributed by atoms with Gasteiger partial charge in [-0.05, 0) is 56.2 Å². The first-order valence-electron chi connectivity index (χ1n) is 8.58. The van der Waals surface area contributed by atoms with Gasteiger partial charge in [0.25, 0.3) is 5.91 Å². The summed E-state index contributed by atoms with van der Waals surface area (Å²) in [5, 5.41) is 5.78. The molecule has 0 radical (unpaired) electrons. The number of hydrogen-bond acceptors (Lipinski definition) is 4. The summed E-state index contributed by atoms with van der Waals surface area (Å²) in [6.45, 7) is 1.95. The van der Waals surface area contributed by atoms with Crippen LogP contribution in [0.4, 0.5) is 5.69 Å². The molecule has 1 aliphatic rings. The molecular formula is C21H18N2O2S. The maximum atomic E-state index is 12.5. The number of carbonyl (C=O) groups excluding carboxylic acids is 2. The number of amides is 1. The Morgan fingerprint density at radius 1 is 1.08 bits per heavy atom. The van der Waals surface area contributed by atoms with Crippen LogP contribution in [0.1, 0.15) is 39.3 Å². The zero-order valence-electron chi connectivity index (χ0n) is 14.4. The fourth-order valence-corrected chi connectivity index (χ4v) is 3.58. The van der Waals surface area contributed by atoms with Crippen LogP contribution in [0.3, 0.4) is 0 Å². The number of rotatable bonds is 5. The fraction of sp³-hybridized carbons (Fsp3) is 0.190. The monoisotopic (exact) mass is 362 g/mol. The Balaban J connectivity index is 1.48. The van der Waals surface area contributed by atoms with Gasteiger partial charge in [0.1, 0.15) is 5.01 Å². The van der Waals surface area contributed by atoms with Crippen LogP contribution in [0.2, 0.25) is 0 Å². The molecule has 1 fully saturated rings. The van der Waals surface area contributed by atoms with Gasteiger partial charge in [-0.15, -0.1) is 11.3 Å². The lowest BCUT2D eigenvalue weighted by Crippen LogP contribution is -2.12. The van der Waals surface area contributed by atoms with Crippen LogP contribution in [0, 0.1) is 12.8 Å². The second-order valence-corrected chi connectivity index (χ2v) is 7.40. The van der Waals surface area contributed by atoms with Crippen molar-refractivity contribution in [3.05, 3.63) is 70.7 Å². The van der Waals surface area contributed by atoms with Crippen LogP contribution in [-0.2, 0) is 0 Å². The van der Waals surface area contributed by atoms with Crippen molar-refractivity contribution in [3.63, 3.8) is 0 Å². The predicted molar refractivity (Wildman–Crippen MR) is 104 cm³/mol. The maximum absolute atomic E-state index is 12.5. The molecule has 2 aromatic carbocycles. The summed E-state index contributed by atoms with van der Waals surface area (Å²) in [5.41, 5.74) is 3.87. The van der Waals surface area contributed by atoms with Crippen molar-refractivity contribution in [3.8, 4) is 10.6 Å². The predicted octanol–water partition coefficient (Wildman–Crippen LogP) is 4.96. The number of nitrogens with one attached hydrogen (secondary N) is 1. The number of thiazole rings is 1. The number of benzene rings is 2. The average Bonchev–Trinajstić information content (AvgIpc) is 3.42. The molecule has 0 spiro atoms. The molecule has 4 nitrogen and oxygen atoms in total. The molecule has 4 rings (SSSR count). The molecule has 0 saturated heterocycles. The number of aryl methyl sites for hydroxylation is 1. The summed E-state index contributed by atoms with van der Waals surface area (Å²) in [4.78, 5) is 29.1. The number of anilines is 1. The van der Waals surface area contributed by atoms with Crippen molar-refractivity contribution in [2.75, 3.05) is 5.32 Å². The summed E-state index contributed by atoms with van der Waals surface area (Å²) >= 11 is 1.56. The van der Waals surface area contributed by atoms with Gasteiger partial charge in [-0.2, -0.15) is 0 Å². The maximum Gasteiger partial charge on any atom is 0.255 e. The van der Waals surface area contributed by atoms with Gasteiger partial charge in [-0.3, -0.25) is 9.59 Å². The van der Waals surface area contributed by atoms with Gasteiger partial charge in [0.05, 0.1) is 0 Å². The number of ketones is 1. The van der Waals surface area contributed by atoms with Crippen LogP contribution in [0.15, 0.2) is 53.9 Å². The van der Waals surface area contributed by atoms with Crippen molar-refractivity contribution in [1.29, 1.82) is 0 Å². The summed E-state index contributed by atoms with van der Waals surface area (Å²) < 4.78 is 0. The molecule has 1 amide bonds. The molecule has 0 bridgehead atoms. The minimum absolute atomic E-state index is 0.179. The largest absolute Gasteiger partial charge is 0.322 e. The van der Waals surface area contributed by atoms with E-state index in [1.807, 2.05) is 30.5 Å². The molecule has 5 heteroatoms. The SMILES string of the molecule is Cc1csc(-c2cccc(C(=O)Nc3ccc(C(=O)C4CC4)cc3)c2)n1. The van der Waals surface area contributed by atoms with Crippen molar-refractivity contribution < 1.29 is 9.59 Å². The zero-order valence-corrected chi connectivity index (χ0v) is 15.2. The fourth-order valence-electron chi connectivity index (χ4n) is 2.78. The standard InChI is InChI=1S/C21H18N2O2S/c1-13-12-26-21(22-13)17-4-2-3-16(11-17)20(25)23-18-9-7-15(8-10-18)19(24)14-5-6-14/h2-4,7-12,14H,5-6H2,1H3,(H,23,25). The number of Topliss-reactive ketones (excluding diaryl/α,β-unsaturated/α-hetero) is 1. The third-order valence-corrected chi connectivity index (χ3v) is 5.38. The summed E-state index contributed by atoms with van der Waals surface area (Å²) in [6, 6.07) is 14.6. The van der Waals surface area contributed by atoms with Gasteiger partial charge < -0.3 is 5.32 Å². The molecular weight excluding hydrogens is 344 g/mol. The molecule has 1 N–H and O–H groups in total. The van der Waals surface area contributed by atoms with Gasteiger partial charge >= 0.3 is 0 Å². The lowest BCUT2D eigenvalue weighted by molar-refractivity contribution is 0.0967. The van der Waals surface area contributed by atoms with Crippen molar-refractivity contribution in [2.24, 2.45) is 5.92 Å². The Kier molecular flexibility index (Phi) is 4.39. The van der Waals surface area contributed by atoms with E-state index in [2.05, 4.69) is 10.3 Å². The number of hydrogen-bond donors (Lipinski definition) is 1. The van der Waals surface area contributed by atoms with E-state index in [1.165, 1.54) is 0 Å². The quantitative estimate of drug-likeness (QED) is 0.652. The summed E-state index contributed by atoms with van der Waals surface area (Å²) in [7, 11) is 0. The minimum Gasteiger partial charge on any atom is -0.322 e. The average molecular weight is 362 g/mol. The van der Waals surface area contributed by atoms with Crippen molar-refractivity contribution in [1.82, 2.24) is 4.98 Å². The second kappa shape index (κ2) is 6.84. The second-order valence-electron chi connectivity index (χ2n) is 6.54. The van der Waals surface area contributed by atoms with Gasteiger partial charge in [0, 0.05) is 39.4 Å². The van der Waals surface area contributed by atoms with E-state index in [1.54, 1.807) is 41.7 Å². The van der Waals surface area contributed by atoms with Crippen LogP contribution >= 0.6 is 11.3 Å². The highest BCUT2D eigenvalue weighted by Gasteiger charge is 2.30. The molecule has 1 aromatic heterocycles. The van der Waals surface area contributed by atoms with E-state index in [0.717, 1.165) is 29.1 Å². The highest BCUT2D eigenvalue weighted by atomic mass is 32.1. The topological polar surface area (TPSA) is 59.1 Å². The third-order valence-electron chi connectivity index (χ3n) is 4.37. The van der Waals surface area contributed by atoms with E-state index >= 15 is 0 Å². The molecule has 1 heterocycles. The lowest BCUT2D eigenvalue weighted by atomic mass is 10.1. The summed E-state index contributed by atoms with van der Waals surface area (Å²) in [6.07, 6.45) is 1.98. The molecule has 26 heavy (non-hydrogen) atoms. The Bertz CT molecular complexity index is 972. The van der Waals surface area contributed by atoms with E-state index in [9.17, 15) is 9.59 Å². The van der Waals surface area contributed by atoms with E-state index in [0.29, 0.717) is 16.8 Å². The van der Waals surface area contributed by atoms with E-state index in [-0.39, 0.29) is 17.6 Å². The number of nitrogens with zero attached hydrogens (tertiary/aromatic N) is 1. The zero-order chi connectivity index (χ0) is 18.1. The molecule has 1 aliphatic carbocycles. The molecule has 0 unspecified atom stereocenters. The Hall–Kier alpha value is -2.79. The first kappa shape index (κ1) is 16.7. The van der Waals surface area contributed by atoms with Gasteiger partial charge in [0.2, 0.25) is 0 Å². The first-order chi connectivity index (χ1) is 12.6. The summed E-state index contributed by atoms with van der Waals surface area (Å²) in [5.74, 6) is 0.225. The van der Waals surface area contributed by atoms with Gasteiger partial charge in [-0.25, -0.2) is 4.98 Å². The number of aromatic nitrogens is 1. The molecule has 0 atom stereocenters. The highest BCUT2D eigenvalue weighted by molar-refractivity contribution is 7.13. The molecule has 0 aliphatic heterocycles. The first-order valence-corrected chi connectivity index (χ1v) is 9.46. The smallest absolute Gasteiger partial charge is 0.255 e. The molecule has 1 saturated carbocycles. The minimum atomic E-state index is -0.179. The Morgan fingerprint density at radius 3 is 2.50 bits per heavy atom. The van der Waals surface area contributed by atoms with Crippen molar-refractivity contribution in [2.45, 2.75) is 19.8 Å². The van der Waals surface area contributed by atoms with E-state index < -0.39 is 0 Å². The lowest BCUT2D eigenvalue weighted by Gasteiger charge is -2.07. The Labute approximate surface area is 155 Å². The number of carbonyl (C=O) groups is 2. The van der Waals surface area contributed by atoms with Gasteiger partial charge in [0.15, 0.2) is 5.78 Å². The van der Waals surface area contributed by atoms with Crippen LogP contribution < -0.4 is 5.32 Å². The Morgan fingerprint density at radius 2 is 1.85 bits per heavy atom. The third kappa shape index (κ3) is 3.58. The van der Waals surface area contributed by atoms with Crippen LogP contribution in [-0.4, -0.2) is 16.7 Å². The highest BCUT2D eigenvalue weighted by Crippen LogP contribution is 2.32. The van der Waals surface area contributed by atoms with Gasteiger partial charge in [-0.1, -0.05) is 12.1 Å². The van der Waals surface area contributed by atoms with E-state index in [4.69, 9.17) is 0 Å². The molecule has 130 valence electrons.